The molecule has 1 aromatic rings. The zero-order valence-corrected chi connectivity index (χ0v) is 11.7. The molecule has 5 heteroatoms. The van der Waals surface area contributed by atoms with Crippen LogP contribution in [0.25, 0.3) is 0 Å². The largest absolute Gasteiger partial charge is 0.478 e. The van der Waals surface area contributed by atoms with Crippen LogP contribution in [-0.2, 0) is 11.2 Å². The van der Waals surface area contributed by atoms with Gasteiger partial charge in [-0.1, -0.05) is 12.2 Å². The monoisotopic (exact) mass is 286 g/mol. The third-order valence-electron chi connectivity index (χ3n) is 4.15. The molecule has 1 heterocycles. The number of carbonyl (C=O) groups excluding carboxylic acids is 1. The molecule has 0 radical (unpaired) electrons. The summed E-state index contributed by atoms with van der Waals surface area (Å²) >= 11 is 0. The van der Waals surface area contributed by atoms with Crippen LogP contribution in [0.4, 0.5) is 5.69 Å². The summed E-state index contributed by atoms with van der Waals surface area (Å²) in [4.78, 5) is 25.4. The summed E-state index contributed by atoms with van der Waals surface area (Å²) in [7, 11) is 0. The van der Waals surface area contributed by atoms with Crippen LogP contribution < -0.4 is 10.6 Å². The minimum Gasteiger partial charge on any atom is -0.478 e. The highest BCUT2D eigenvalue weighted by molar-refractivity contribution is 5.98. The molecule has 1 amide bonds. The number of rotatable bonds is 2. The fraction of sp³-hybridized carbons (Fsp3) is 0.375. The highest BCUT2D eigenvalue weighted by Gasteiger charge is 2.30. The predicted molar refractivity (Wildman–Crippen MR) is 79.3 cm³/mol. The molecule has 3 N–H and O–H groups in total. The molecular weight excluding hydrogens is 268 g/mol. The molecule has 1 aromatic carbocycles. The number of carbonyl (C=O) groups is 2. The van der Waals surface area contributed by atoms with E-state index in [0.29, 0.717) is 13.0 Å². The Bertz CT molecular complexity index is 624. The van der Waals surface area contributed by atoms with Gasteiger partial charge in [0.2, 0.25) is 5.91 Å². The lowest BCUT2D eigenvalue weighted by atomic mass is 9.97. The van der Waals surface area contributed by atoms with E-state index in [1.165, 1.54) is 0 Å². The third-order valence-corrected chi connectivity index (χ3v) is 4.15. The zero-order chi connectivity index (χ0) is 15.0. The Morgan fingerprint density at radius 1 is 1.29 bits per heavy atom. The molecule has 1 aliphatic carbocycles. The molecule has 0 aromatic heterocycles. The molecule has 5 nitrogen and oxygen atoms in total. The molecule has 21 heavy (non-hydrogen) atoms. The molecule has 2 atom stereocenters. The van der Waals surface area contributed by atoms with Crippen molar-refractivity contribution in [2.45, 2.75) is 25.3 Å². The first-order valence-electron chi connectivity index (χ1n) is 7.18. The summed E-state index contributed by atoms with van der Waals surface area (Å²) in [5.41, 5.74) is 7.86. The van der Waals surface area contributed by atoms with Gasteiger partial charge >= 0.3 is 5.97 Å². The van der Waals surface area contributed by atoms with E-state index in [2.05, 4.69) is 0 Å². The molecule has 2 unspecified atom stereocenters. The zero-order valence-electron chi connectivity index (χ0n) is 11.7. The van der Waals surface area contributed by atoms with Crippen molar-refractivity contribution in [2.75, 3.05) is 11.4 Å². The number of hydrogen-bond donors (Lipinski definition) is 2. The molecule has 0 fully saturated rings. The second kappa shape index (κ2) is 5.33. The maximum Gasteiger partial charge on any atom is 0.335 e. The maximum absolute atomic E-state index is 12.6. The summed E-state index contributed by atoms with van der Waals surface area (Å²) in [6.45, 7) is 0.678. The normalized spacial score (nSPS) is 24.0. The number of fused-ring (bicyclic) bond motifs is 1. The van der Waals surface area contributed by atoms with Gasteiger partial charge in [-0.05, 0) is 43.0 Å². The van der Waals surface area contributed by atoms with Crippen LogP contribution in [0.3, 0.4) is 0 Å². The lowest BCUT2D eigenvalue weighted by molar-refractivity contribution is -0.121. The predicted octanol–water partition coefficient (Wildman–Crippen LogP) is 1.57. The van der Waals surface area contributed by atoms with Gasteiger partial charge in [0, 0.05) is 18.3 Å². The van der Waals surface area contributed by atoms with E-state index >= 15 is 0 Å². The van der Waals surface area contributed by atoms with Crippen molar-refractivity contribution in [3.05, 3.63) is 41.5 Å². The van der Waals surface area contributed by atoms with Crippen molar-refractivity contribution in [1.29, 1.82) is 0 Å². The van der Waals surface area contributed by atoms with Crippen LogP contribution in [0.5, 0.6) is 0 Å². The van der Waals surface area contributed by atoms with E-state index < -0.39 is 5.97 Å². The second-order valence-electron chi connectivity index (χ2n) is 5.63. The maximum atomic E-state index is 12.6. The number of benzene rings is 1. The van der Waals surface area contributed by atoms with Gasteiger partial charge in [-0.15, -0.1) is 0 Å². The molecule has 3 rings (SSSR count). The van der Waals surface area contributed by atoms with Gasteiger partial charge in [-0.2, -0.15) is 0 Å². The van der Waals surface area contributed by atoms with Crippen molar-refractivity contribution in [1.82, 2.24) is 0 Å². The van der Waals surface area contributed by atoms with E-state index in [4.69, 9.17) is 10.8 Å². The fourth-order valence-corrected chi connectivity index (χ4v) is 3.07. The van der Waals surface area contributed by atoms with E-state index in [-0.39, 0.29) is 23.4 Å². The van der Waals surface area contributed by atoms with Crippen molar-refractivity contribution in [2.24, 2.45) is 11.7 Å². The molecule has 0 saturated carbocycles. The van der Waals surface area contributed by atoms with Crippen molar-refractivity contribution in [3.8, 4) is 0 Å². The van der Waals surface area contributed by atoms with Gasteiger partial charge in [-0.25, -0.2) is 4.79 Å². The number of aromatic carboxylic acids is 1. The highest BCUT2D eigenvalue weighted by atomic mass is 16.4. The Balaban J connectivity index is 1.88. The van der Waals surface area contributed by atoms with Crippen LogP contribution in [0.15, 0.2) is 30.4 Å². The molecule has 0 saturated heterocycles. The summed E-state index contributed by atoms with van der Waals surface area (Å²) in [5.74, 6) is -1.04. The van der Waals surface area contributed by atoms with Crippen molar-refractivity contribution >= 4 is 17.6 Å². The van der Waals surface area contributed by atoms with E-state index in [9.17, 15) is 9.59 Å². The van der Waals surface area contributed by atoms with Gasteiger partial charge in [0.25, 0.3) is 0 Å². The minimum atomic E-state index is -0.939. The topological polar surface area (TPSA) is 83.6 Å². The Hall–Kier alpha value is -2.14. The van der Waals surface area contributed by atoms with Crippen LogP contribution in [0, 0.1) is 5.92 Å². The number of carboxylic acids is 1. The van der Waals surface area contributed by atoms with E-state index in [1.54, 1.807) is 23.1 Å². The van der Waals surface area contributed by atoms with Crippen LogP contribution in [-0.4, -0.2) is 29.6 Å². The Morgan fingerprint density at radius 2 is 2.10 bits per heavy atom. The van der Waals surface area contributed by atoms with Crippen LogP contribution >= 0.6 is 0 Å². The number of amides is 1. The van der Waals surface area contributed by atoms with Gasteiger partial charge in [0.05, 0.1) is 11.5 Å². The first kappa shape index (κ1) is 13.8. The highest BCUT2D eigenvalue weighted by Crippen LogP contribution is 2.31. The smallest absolute Gasteiger partial charge is 0.335 e. The SMILES string of the molecule is NC1C=CC(C(=O)N2CCCc3cc(C(=O)O)ccc32)C1. The number of nitrogens with two attached hydrogens (primary N) is 1. The summed E-state index contributed by atoms with van der Waals surface area (Å²) in [6, 6.07) is 4.93. The van der Waals surface area contributed by atoms with Crippen molar-refractivity contribution in [3.63, 3.8) is 0 Å². The summed E-state index contributed by atoms with van der Waals surface area (Å²) in [6.07, 6.45) is 6.07. The average Bonchev–Trinajstić information content (AvgIpc) is 2.91. The van der Waals surface area contributed by atoms with Gasteiger partial charge in [-0.3, -0.25) is 4.79 Å². The molecule has 110 valence electrons. The van der Waals surface area contributed by atoms with Crippen LogP contribution in [0.1, 0.15) is 28.8 Å². The van der Waals surface area contributed by atoms with Crippen molar-refractivity contribution < 1.29 is 14.7 Å². The molecule has 1 aliphatic heterocycles. The van der Waals surface area contributed by atoms with E-state index in [1.807, 2.05) is 12.2 Å². The Labute approximate surface area is 123 Å². The Kier molecular flexibility index (Phi) is 3.51. The summed E-state index contributed by atoms with van der Waals surface area (Å²) < 4.78 is 0. The Morgan fingerprint density at radius 3 is 2.76 bits per heavy atom. The molecule has 2 aliphatic rings. The van der Waals surface area contributed by atoms with E-state index in [0.717, 1.165) is 24.1 Å². The number of carboxylic acid groups (broad SMARTS) is 1. The minimum absolute atomic E-state index is 0.0439. The summed E-state index contributed by atoms with van der Waals surface area (Å²) in [5, 5.41) is 9.06. The second-order valence-corrected chi connectivity index (χ2v) is 5.63. The lowest BCUT2D eigenvalue weighted by Gasteiger charge is -2.31. The average molecular weight is 286 g/mol. The molecular formula is C16H18N2O3. The molecule has 0 bridgehead atoms. The lowest BCUT2D eigenvalue weighted by Crippen LogP contribution is -2.39. The van der Waals surface area contributed by atoms with Gasteiger partial charge < -0.3 is 15.7 Å². The van der Waals surface area contributed by atoms with Crippen LogP contribution in [0.2, 0.25) is 0 Å². The fourth-order valence-electron chi connectivity index (χ4n) is 3.07. The first-order chi connectivity index (χ1) is 10.1. The first-order valence-corrected chi connectivity index (χ1v) is 7.18. The van der Waals surface area contributed by atoms with Gasteiger partial charge in [0.15, 0.2) is 0 Å². The standard InChI is InChI=1S/C16H18N2O3/c17-13-5-3-11(9-13)15(19)18-7-1-2-10-8-12(16(20)21)4-6-14(10)18/h3-6,8,11,13H,1-2,7,9,17H2,(H,20,21). The quantitative estimate of drug-likeness (QED) is 0.808. The number of anilines is 1. The third kappa shape index (κ3) is 2.56. The van der Waals surface area contributed by atoms with Gasteiger partial charge in [0.1, 0.15) is 0 Å². The number of nitrogens with zero attached hydrogens (tertiary/aromatic N) is 1. The number of aryl methyl sites for hydroxylation is 1. The number of hydrogen-bond acceptors (Lipinski definition) is 3. The molecule has 0 spiro atoms.